The van der Waals surface area contributed by atoms with Crippen LogP contribution < -0.4 is 5.32 Å². The van der Waals surface area contributed by atoms with E-state index in [1.807, 2.05) is 0 Å². The lowest BCUT2D eigenvalue weighted by molar-refractivity contribution is -0.167. The quantitative estimate of drug-likeness (QED) is 0.634. The summed E-state index contributed by atoms with van der Waals surface area (Å²) in [5.74, 6) is -5.27. The minimum absolute atomic E-state index is 0.0900. The van der Waals surface area contributed by atoms with Gasteiger partial charge < -0.3 is 9.90 Å². The first kappa shape index (κ1) is 14.1. The summed E-state index contributed by atoms with van der Waals surface area (Å²) < 4.78 is 35.7. The molecule has 1 aromatic heterocycles. The molecular weight excluding hydrogens is 277 g/mol. The Bertz CT molecular complexity index is 485. The lowest BCUT2D eigenvalue weighted by Gasteiger charge is -2.04. The third-order valence-corrected chi connectivity index (χ3v) is 2.50. The van der Waals surface area contributed by atoms with Crippen molar-refractivity contribution in [2.75, 3.05) is 5.32 Å². The number of aromatic nitrogens is 1. The maximum atomic E-state index is 11.9. The molecule has 6 nitrogen and oxygen atoms in total. The van der Waals surface area contributed by atoms with Crippen molar-refractivity contribution in [1.82, 2.24) is 4.98 Å². The van der Waals surface area contributed by atoms with E-state index in [1.54, 1.807) is 0 Å². The van der Waals surface area contributed by atoms with Gasteiger partial charge >= 0.3 is 18.1 Å². The first-order valence-corrected chi connectivity index (χ1v) is 5.15. The summed E-state index contributed by atoms with van der Waals surface area (Å²) in [6, 6.07) is 0. The van der Waals surface area contributed by atoms with E-state index in [0.717, 1.165) is 5.38 Å². The zero-order valence-electron chi connectivity index (χ0n) is 8.39. The highest BCUT2D eigenvalue weighted by Crippen LogP contribution is 2.24. The topological polar surface area (TPSA) is 96.4 Å². The Morgan fingerprint density at radius 2 is 2.11 bits per heavy atom. The summed E-state index contributed by atoms with van der Waals surface area (Å²) in [4.78, 5) is 35.0. The number of hydrogen-bond donors (Lipinski definition) is 2. The lowest BCUT2D eigenvalue weighted by Crippen LogP contribution is -2.29. The van der Waals surface area contributed by atoms with Crippen LogP contribution in [0.25, 0.3) is 0 Å². The van der Waals surface area contributed by atoms with Crippen molar-refractivity contribution in [3.05, 3.63) is 11.1 Å². The fourth-order valence-electron chi connectivity index (χ4n) is 0.909. The third-order valence-electron chi connectivity index (χ3n) is 1.72. The zero-order chi connectivity index (χ0) is 13.9. The maximum absolute atomic E-state index is 11.9. The molecule has 2 N–H and O–H groups in total. The minimum Gasteiger partial charge on any atom is -0.480 e. The molecule has 0 spiro atoms. The molecule has 1 aromatic rings. The van der Waals surface area contributed by atoms with Crippen LogP contribution in [0.1, 0.15) is 11.6 Å². The van der Waals surface area contributed by atoms with Crippen molar-refractivity contribution < 1.29 is 32.7 Å². The fraction of sp³-hybridized carbons (Fsp3) is 0.250. The zero-order valence-corrected chi connectivity index (χ0v) is 9.21. The van der Waals surface area contributed by atoms with Gasteiger partial charge in [0.15, 0.2) is 11.0 Å². The molecule has 0 aliphatic heterocycles. The van der Waals surface area contributed by atoms with Crippen LogP contribution >= 0.6 is 11.3 Å². The van der Waals surface area contributed by atoms with Crippen LogP contribution in [0.5, 0.6) is 0 Å². The number of thiazole rings is 1. The number of carbonyl (C=O) groups is 3. The highest BCUT2D eigenvalue weighted by atomic mass is 32.1. The number of carbonyl (C=O) groups excluding carboxylic acids is 2. The number of halogens is 3. The van der Waals surface area contributed by atoms with Gasteiger partial charge in [-0.3, -0.25) is 14.9 Å². The van der Waals surface area contributed by atoms with Gasteiger partial charge in [0.05, 0.1) is 5.69 Å². The standard InChI is InChI=1S/C8H5F3N2O4S/c9-8(10,11)6(17)13-7-12-4(2-18-7)3(1-14)5(15)16/h1-3H,(H,15,16)(H,12,13,17). The van der Waals surface area contributed by atoms with Crippen molar-refractivity contribution in [3.8, 4) is 0 Å². The van der Waals surface area contributed by atoms with E-state index in [9.17, 15) is 27.6 Å². The Kier molecular flexibility index (Phi) is 4.01. The van der Waals surface area contributed by atoms with Crippen molar-refractivity contribution in [3.63, 3.8) is 0 Å². The number of hydrogen-bond acceptors (Lipinski definition) is 5. The van der Waals surface area contributed by atoms with Crippen molar-refractivity contribution in [2.24, 2.45) is 0 Å². The number of nitrogens with one attached hydrogen (secondary N) is 1. The molecule has 1 unspecified atom stereocenters. The fourth-order valence-corrected chi connectivity index (χ4v) is 1.65. The molecule has 98 valence electrons. The van der Waals surface area contributed by atoms with Crippen LogP contribution in [-0.4, -0.2) is 34.4 Å². The van der Waals surface area contributed by atoms with E-state index in [4.69, 9.17) is 5.11 Å². The van der Waals surface area contributed by atoms with Crippen molar-refractivity contribution in [1.29, 1.82) is 0 Å². The minimum atomic E-state index is -5.07. The van der Waals surface area contributed by atoms with Gasteiger partial charge in [-0.2, -0.15) is 13.2 Å². The van der Waals surface area contributed by atoms with Gasteiger partial charge in [-0.05, 0) is 0 Å². The van der Waals surface area contributed by atoms with Gasteiger partial charge in [-0.15, -0.1) is 11.3 Å². The molecule has 1 heterocycles. The number of nitrogens with zero attached hydrogens (tertiary/aromatic N) is 1. The second-order valence-corrected chi connectivity index (χ2v) is 3.84. The number of aliphatic carboxylic acids is 1. The van der Waals surface area contributed by atoms with Crippen LogP contribution in [0.4, 0.5) is 18.3 Å². The van der Waals surface area contributed by atoms with E-state index < -0.39 is 29.1 Å². The molecule has 0 fully saturated rings. The second kappa shape index (κ2) is 5.12. The third kappa shape index (κ3) is 3.26. The van der Waals surface area contributed by atoms with E-state index in [0.29, 0.717) is 11.3 Å². The van der Waals surface area contributed by atoms with E-state index in [1.165, 1.54) is 5.32 Å². The molecule has 0 radical (unpaired) electrons. The monoisotopic (exact) mass is 282 g/mol. The van der Waals surface area contributed by atoms with Crippen LogP contribution in [0.3, 0.4) is 0 Å². The Morgan fingerprint density at radius 3 is 2.56 bits per heavy atom. The number of carboxylic acid groups (broad SMARTS) is 1. The van der Waals surface area contributed by atoms with E-state index in [2.05, 4.69) is 4.98 Å². The van der Waals surface area contributed by atoms with Gasteiger partial charge in [0.1, 0.15) is 6.29 Å². The van der Waals surface area contributed by atoms with Gasteiger partial charge in [0.2, 0.25) is 0 Å². The smallest absolute Gasteiger partial charge is 0.471 e. The molecule has 0 aliphatic rings. The first-order chi connectivity index (χ1) is 8.25. The van der Waals surface area contributed by atoms with Crippen molar-refractivity contribution >= 4 is 34.6 Å². The molecule has 0 saturated carbocycles. The Morgan fingerprint density at radius 1 is 1.50 bits per heavy atom. The highest BCUT2D eigenvalue weighted by molar-refractivity contribution is 7.14. The van der Waals surface area contributed by atoms with Crippen LogP contribution in [0.15, 0.2) is 5.38 Å². The molecule has 10 heteroatoms. The Balaban J connectivity index is 2.84. The molecule has 0 aromatic carbocycles. The second-order valence-electron chi connectivity index (χ2n) is 2.98. The largest absolute Gasteiger partial charge is 0.480 e. The van der Waals surface area contributed by atoms with E-state index >= 15 is 0 Å². The molecule has 0 saturated heterocycles. The molecule has 1 rings (SSSR count). The summed E-state index contributed by atoms with van der Waals surface area (Å²) >= 11 is 0.590. The number of amides is 1. The Labute approximate surface area is 101 Å². The number of aldehydes is 1. The molecule has 1 atom stereocenters. The summed E-state index contributed by atoms with van der Waals surface area (Å²) in [5, 5.41) is 10.7. The molecule has 18 heavy (non-hydrogen) atoms. The average molecular weight is 282 g/mol. The molecule has 0 aliphatic carbocycles. The number of anilines is 1. The van der Waals surface area contributed by atoms with Gasteiger partial charge in [-0.1, -0.05) is 0 Å². The van der Waals surface area contributed by atoms with E-state index in [-0.39, 0.29) is 12.0 Å². The van der Waals surface area contributed by atoms with Crippen LogP contribution in [0.2, 0.25) is 0 Å². The predicted octanol–water partition coefficient (Wildman–Crippen LogP) is 1.01. The summed E-state index contributed by atoms with van der Waals surface area (Å²) in [5.41, 5.74) is -0.236. The molecule has 0 bridgehead atoms. The summed E-state index contributed by atoms with van der Waals surface area (Å²) in [6.07, 6.45) is -4.98. The van der Waals surface area contributed by atoms with Gasteiger partial charge in [0.25, 0.3) is 0 Å². The number of carboxylic acids is 1. The normalized spacial score (nSPS) is 12.8. The average Bonchev–Trinajstić information content (AvgIpc) is 2.65. The predicted molar refractivity (Wildman–Crippen MR) is 53.2 cm³/mol. The van der Waals surface area contributed by atoms with Crippen LogP contribution in [0, 0.1) is 0 Å². The first-order valence-electron chi connectivity index (χ1n) is 4.27. The van der Waals surface area contributed by atoms with Crippen molar-refractivity contribution in [2.45, 2.75) is 12.1 Å². The molecule has 1 amide bonds. The van der Waals surface area contributed by atoms with Crippen LogP contribution in [-0.2, 0) is 14.4 Å². The Hall–Kier alpha value is -1.97. The lowest BCUT2D eigenvalue weighted by atomic mass is 10.1. The number of alkyl halides is 3. The summed E-state index contributed by atoms with van der Waals surface area (Å²) in [6.45, 7) is 0. The SMILES string of the molecule is O=CC(C(=O)O)c1csc(NC(=O)C(F)(F)F)n1. The van der Waals surface area contributed by atoms with Gasteiger partial charge in [-0.25, -0.2) is 4.98 Å². The van der Waals surface area contributed by atoms with Gasteiger partial charge in [0, 0.05) is 5.38 Å². The summed E-state index contributed by atoms with van der Waals surface area (Å²) in [7, 11) is 0. The number of rotatable bonds is 4. The maximum Gasteiger partial charge on any atom is 0.471 e. The highest BCUT2D eigenvalue weighted by Gasteiger charge is 2.39. The molecular formula is C8H5F3N2O4S.